The van der Waals surface area contributed by atoms with E-state index in [4.69, 9.17) is 9.73 Å². The van der Waals surface area contributed by atoms with E-state index in [0.717, 1.165) is 28.3 Å². The molecule has 0 bridgehead atoms. The zero-order valence-corrected chi connectivity index (χ0v) is 13.4. The first-order valence-electron chi connectivity index (χ1n) is 7.76. The van der Waals surface area contributed by atoms with E-state index in [0.29, 0.717) is 6.42 Å². The number of ether oxygens (including phenoxy) is 1. The van der Waals surface area contributed by atoms with Crippen molar-refractivity contribution in [2.24, 2.45) is 4.99 Å². The van der Waals surface area contributed by atoms with Crippen LogP contribution in [0.2, 0.25) is 0 Å². The molecule has 0 saturated heterocycles. The minimum atomic E-state index is -0.248. The molecule has 0 unspecified atom stereocenters. The van der Waals surface area contributed by atoms with Crippen LogP contribution in [0, 0.1) is 5.82 Å². The number of halogens is 1. The van der Waals surface area contributed by atoms with E-state index in [9.17, 15) is 4.39 Å². The summed E-state index contributed by atoms with van der Waals surface area (Å²) in [6, 6.07) is 24.2. The fourth-order valence-corrected chi connectivity index (χ4v) is 2.45. The van der Waals surface area contributed by atoms with E-state index in [1.807, 2.05) is 42.5 Å². The molecular weight excluding hydrogens is 301 g/mol. The molecule has 0 atom stereocenters. The lowest BCUT2D eigenvalue weighted by molar-refractivity contribution is 0.415. The summed E-state index contributed by atoms with van der Waals surface area (Å²) in [4.78, 5) is 4.77. The van der Waals surface area contributed by atoms with Gasteiger partial charge in [0.25, 0.3) is 0 Å². The molecule has 24 heavy (non-hydrogen) atoms. The van der Waals surface area contributed by atoms with Crippen molar-refractivity contribution in [1.29, 1.82) is 0 Å². The van der Waals surface area contributed by atoms with Gasteiger partial charge in [-0.25, -0.2) is 4.39 Å². The molecule has 0 aromatic heterocycles. The Morgan fingerprint density at radius 2 is 1.54 bits per heavy atom. The predicted molar refractivity (Wildman–Crippen MR) is 95.7 cm³/mol. The summed E-state index contributed by atoms with van der Waals surface area (Å²) in [5.41, 5.74) is 3.81. The molecule has 0 aliphatic carbocycles. The van der Waals surface area contributed by atoms with Crippen LogP contribution < -0.4 is 4.74 Å². The zero-order valence-electron chi connectivity index (χ0n) is 13.4. The fourth-order valence-electron chi connectivity index (χ4n) is 2.45. The zero-order chi connectivity index (χ0) is 16.8. The van der Waals surface area contributed by atoms with E-state index in [1.165, 1.54) is 12.1 Å². The summed E-state index contributed by atoms with van der Waals surface area (Å²) in [6.07, 6.45) is 0.679. The van der Waals surface area contributed by atoms with Gasteiger partial charge in [0, 0.05) is 6.42 Å². The Morgan fingerprint density at radius 1 is 0.875 bits per heavy atom. The van der Waals surface area contributed by atoms with Gasteiger partial charge in [-0.1, -0.05) is 42.5 Å². The van der Waals surface area contributed by atoms with Gasteiger partial charge in [-0.3, -0.25) is 4.99 Å². The summed E-state index contributed by atoms with van der Waals surface area (Å²) < 4.78 is 18.4. The average Bonchev–Trinajstić information content (AvgIpc) is 2.63. The first kappa shape index (κ1) is 15.9. The van der Waals surface area contributed by atoms with E-state index in [2.05, 4.69) is 12.1 Å². The molecule has 3 aromatic rings. The largest absolute Gasteiger partial charge is 0.497 e. The third kappa shape index (κ3) is 4.07. The first-order chi connectivity index (χ1) is 11.7. The molecule has 0 N–H and O–H groups in total. The summed E-state index contributed by atoms with van der Waals surface area (Å²) >= 11 is 0. The van der Waals surface area contributed by atoms with Gasteiger partial charge in [-0.2, -0.15) is 0 Å². The Bertz CT molecular complexity index is 809. The van der Waals surface area contributed by atoms with E-state index in [1.54, 1.807) is 19.2 Å². The van der Waals surface area contributed by atoms with Crippen LogP contribution in [0.3, 0.4) is 0 Å². The van der Waals surface area contributed by atoms with Gasteiger partial charge in [0.15, 0.2) is 0 Å². The number of hydrogen-bond acceptors (Lipinski definition) is 2. The molecule has 0 radical (unpaired) electrons. The molecule has 0 aliphatic heterocycles. The van der Waals surface area contributed by atoms with Gasteiger partial charge in [0.05, 0.1) is 18.5 Å². The molecule has 0 amide bonds. The molecular formula is C21H18FNO. The lowest BCUT2D eigenvalue weighted by Crippen LogP contribution is -2.05. The molecule has 0 fully saturated rings. The van der Waals surface area contributed by atoms with Crippen molar-refractivity contribution >= 4 is 11.4 Å². The standard InChI is InChI=1S/C21H18FNO/c1-24-20-13-11-19(12-14-20)23-21(15-16-5-3-2-4-6-16)17-7-9-18(22)10-8-17/h2-14H,15H2,1H3/b23-21-. The van der Waals surface area contributed by atoms with Gasteiger partial charge in [0.1, 0.15) is 11.6 Å². The van der Waals surface area contributed by atoms with Crippen LogP contribution in [-0.4, -0.2) is 12.8 Å². The topological polar surface area (TPSA) is 21.6 Å². The van der Waals surface area contributed by atoms with E-state index in [-0.39, 0.29) is 5.82 Å². The third-order valence-electron chi connectivity index (χ3n) is 3.73. The maximum atomic E-state index is 13.2. The minimum Gasteiger partial charge on any atom is -0.497 e. The van der Waals surface area contributed by atoms with Gasteiger partial charge < -0.3 is 4.74 Å². The molecule has 0 aliphatic rings. The number of rotatable bonds is 5. The lowest BCUT2D eigenvalue weighted by Gasteiger charge is -2.08. The number of methoxy groups -OCH3 is 1. The van der Waals surface area contributed by atoms with E-state index < -0.39 is 0 Å². The molecule has 0 saturated carbocycles. The van der Waals surface area contributed by atoms with Gasteiger partial charge in [-0.05, 0) is 47.5 Å². The highest BCUT2D eigenvalue weighted by Gasteiger charge is 2.06. The van der Waals surface area contributed by atoms with Crippen molar-refractivity contribution in [3.8, 4) is 5.75 Å². The maximum absolute atomic E-state index is 13.2. The molecule has 120 valence electrons. The van der Waals surface area contributed by atoms with Gasteiger partial charge >= 0.3 is 0 Å². The quantitative estimate of drug-likeness (QED) is 0.592. The number of nitrogens with zero attached hydrogens (tertiary/aromatic N) is 1. The van der Waals surface area contributed by atoms with Gasteiger partial charge in [-0.15, -0.1) is 0 Å². The molecule has 2 nitrogen and oxygen atoms in total. The second kappa shape index (κ2) is 7.55. The molecule has 0 heterocycles. The monoisotopic (exact) mass is 319 g/mol. The first-order valence-corrected chi connectivity index (χ1v) is 7.76. The Hall–Kier alpha value is -2.94. The second-order valence-electron chi connectivity index (χ2n) is 5.43. The third-order valence-corrected chi connectivity index (χ3v) is 3.73. The van der Waals surface area contributed by atoms with Crippen LogP contribution in [0.5, 0.6) is 5.75 Å². The Balaban J connectivity index is 1.96. The summed E-state index contributed by atoms with van der Waals surface area (Å²) in [7, 11) is 1.64. The smallest absolute Gasteiger partial charge is 0.123 e. The van der Waals surface area contributed by atoms with Crippen molar-refractivity contribution in [3.63, 3.8) is 0 Å². The highest BCUT2D eigenvalue weighted by molar-refractivity contribution is 6.03. The van der Waals surface area contributed by atoms with Crippen molar-refractivity contribution in [2.75, 3.05) is 7.11 Å². The SMILES string of the molecule is COc1ccc(/N=C(/Cc2ccccc2)c2ccc(F)cc2)cc1. The highest BCUT2D eigenvalue weighted by atomic mass is 19.1. The van der Waals surface area contributed by atoms with Crippen LogP contribution in [0.15, 0.2) is 83.9 Å². The summed E-state index contributed by atoms with van der Waals surface area (Å²) in [5, 5.41) is 0. The summed E-state index contributed by atoms with van der Waals surface area (Å²) in [6.45, 7) is 0. The van der Waals surface area contributed by atoms with Gasteiger partial charge in [0.2, 0.25) is 0 Å². The molecule has 3 rings (SSSR count). The number of benzene rings is 3. The van der Waals surface area contributed by atoms with Crippen LogP contribution in [0.1, 0.15) is 11.1 Å². The minimum absolute atomic E-state index is 0.248. The van der Waals surface area contributed by atoms with Crippen molar-refractivity contribution in [3.05, 3.63) is 95.8 Å². The molecule has 3 aromatic carbocycles. The fraction of sp³-hybridized carbons (Fsp3) is 0.0952. The second-order valence-corrected chi connectivity index (χ2v) is 5.43. The number of aliphatic imine (C=N–C) groups is 1. The Kier molecular flexibility index (Phi) is 5.02. The van der Waals surface area contributed by atoms with Crippen LogP contribution in [0.4, 0.5) is 10.1 Å². The van der Waals surface area contributed by atoms with Crippen LogP contribution >= 0.6 is 0 Å². The Labute approximate surface area is 141 Å². The van der Waals surface area contributed by atoms with Crippen molar-refractivity contribution in [2.45, 2.75) is 6.42 Å². The van der Waals surface area contributed by atoms with Crippen LogP contribution in [-0.2, 0) is 6.42 Å². The molecule has 3 heteroatoms. The van der Waals surface area contributed by atoms with E-state index >= 15 is 0 Å². The maximum Gasteiger partial charge on any atom is 0.123 e. The summed E-state index contributed by atoms with van der Waals surface area (Å²) in [5.74, 6) is 0.544. The normalized spacial score (nSPS) is 11.3. The lowest BCUT2D eigenvalue weighted by atomic mass is 10.0. The molecule has 0 spiro atoms. The average molecular weight is 319 g/mol. The number of hydrogen-bond donors (Lipinski definition) is 0. The van der Waals surface area contributed by atoms with Crippen molar-refractivity contribution in [1.82, 2.24) is 0 Å². The predicted octanol–water partition coefficient (Wildman–Crippen LogP) is 5.20. The van der Waals surface area contributed by atoms with Crippen molar-refractivity contribution < 1.29 is 9.13 Å². The van der Waals surface area contributed by atoms with Crippen LogP contribution in [0.25, 0.3) is 0 Å². The Morgan fingerprint density at radius 3 is 2.17 bits per heavy atom. The highest BCUT2D eigenvalue weighted by Crippen LogP contribution is 2.20.